The molecule has 0 aromatic rings. The van der Waals surface area contributed by atoms with Crippen molar-refractivity contribution < 1.29 is 24.2 Å². The Balaban J connectivity index is 3.41. The van der Waals surface area contributed by atoms with Crippen molar-refractivity contribution in [2.24, 2.45) is 0 Å². The number of unbranched alkanes of at least 4 members (excludes halogenated alkanes) is 39. The fourth-order valence-electron chi connectivity index (χ4n) is 9.19. The highest BCUT2D eigenvalue weighted by Gasteiger charge is 2.16. The SMILES string of the molecule is CC/C=C\C/C=C\C/C=C\C/C=C\CCCCCCCCCCC(=O)OC(CO)COC(=O)CCCCCCCCCCCCCCCCCCCCCCCCC/C=C\CCCCCCCCCC. The summed E-state index contributed by atoms with van der Waals surface area (Å²) < 4.78 is 10.7. The van der Waals surface area contributed by atoms with E-state index in [4.69, 9.17) is 9.47 Å². The smallest absolute Gasteiger partial charge is 0.306 e. The molecule has 1 N–H and O–H groups in total. The Labute approximate surface area is 436 Å². The molecule has 0 spiro atoms. The van der Waals surface area contributed by atoms with Crippen molar-refractivity contribution in [2.75, 3.05) is 13.2 Å². The fourth-order valence-corrected chi connectivity index (χ4v) is 9.19. The molecule has 0 fully saturated rings. The van der Waals surface area contributed by atoms with Gasteiger partial charge in [0.2, 0.25) is 0 Å². The van der Waals surface area contributed by atoms with Crippen LogP contribution >= 0.6 is 0 Å². The van der Waals surface area contributed by atoms with Gasteiger partial charge in [-0.15, -0.1) is 0 Å². The Morgan fingerprint density at radius 2 is 0.614 bits per heavy atom. The molecule has 0 amide bonds. The zero-order valence-corrected chi connectivity index (χ0v) is 46.8. The predicted molar refractivity (Wildman–Crippen MR) is 307 cm³/mol. The topological polar surface area (TPSA) is 72.8 Å². The van der Waals surface area contributed by atoms with Gasteiger partial charge in [-0.2, -0.15) is 0 Å². The normalized spacial score (nSPS) is 12.6. The molecule has 0 aliphatic heterocycles. The summed E-state index contributed by atoms with van der Waals surface area (Å²) in [5.74, 6) is -0.588. The largest absolute Gasteiger partial charge is 0.462 e. The third kappa shape index (κ3) is 58.2. The van der Waals surface area contributed by atoms with E-state index in [2.05, 4.69) is 74.6 Å². The third-order valence-electron chi connectivity index (χ3n) is 13.8. The summed E-state index contributed by atoms with van der Waals surface area (Å²) in [6.45, 7) is 4.06. The number of carbonyl (C=O) groups excluding carboxylic acids is 2. The van der Waals surface area contributed by atoms with Gasteiger partial charge in [0.25, 0.3) is 0 Å². The molecule has 5 nitrogen and oxygen atoms in total. The number of hydrogen-bond acceptors (Lipinski definition) is 5. The summed E-state index contributed by atoms with van der Waals surface area (Å²) in [5, 5.41) is 9.66. The van der Waals surface area contributed by atoms with Crippen molar-refractivity contribution in [3.05, 3.63) is 60.8 Å². The molecule has 0 heterocycles. The fraction of sp³-hybridized carbons (Fsp3) is 0.815. The molecule has 0 aliphatic rings. The van der Waals surface area contributed by atoms with E-state index < -0.39 is 6.10 Å². The van der Waals surface area contributed by atoms with Crippen molar-refractivity contribution >= 4 is 11.9 Å². The van der Waals surface area contributed by atoms with E-state index in [0.717, 1.165) is 70.6 Å². The Bertz CT molecular complexity index is 1200. The first-order valence-corrected chi connectivity index (χ1v) is 30.8. The van der Waals surface area contributed by atoms with Crippen LogP contribution in [0.15, 0.2) is 60.8 Å². The van der Waals surface area contributed by atoms with Gasteiger partial charge in [0, 0.05) is 12.8 Å². The minimum absolute atomic E-state index is 0.0676. The standard InChI is InChI=1S/C65H118O5/c1-3-5-7-9-11-13-15-17-19-21-23-25-26-27-28-29-30-31-32-33-34-35-36-37-38-40-41-43-45-47-49-51-53-55-57-59-64(67)69-62-63(61-66)70-65(68)60-58-56-54-52-50-48-46-44-42-39-24-22-20-18-16-14-12-10-8-6-4-2/h6,8,12,14,18,20-21,23-24,39,63,66H,3-5,7,9-11,13,15-17,19,22,25-38,40-62H2,1-2H3/b8-6-,14-12-,20-18-,23-21-,39-24-. The van der Waals surface area contributed by atoms with Gasteiger partial charge in [-0.1, -0.05) is 293 Å². The lowest BCUT2D eigenvalue weighted by Gasteiger charge is -2.15. The molecule has 0 saturated heterocycles. The van der Waals surface area contributed by atoms with Crippen LogP contribution in [0.3, 0.4) is 0 Å². The lowest BCUT2D eigenvalue weighted by atomic mass is 10.0. The molecule has 5 heteroatoms. The van der Waals surface area contributed by atoms with Gasteiger partial charge in [0.05, 0.1) is 6.61 Å². The van der Waals surface area contributed by atoms with Crippen molar-refractivity contribution in [3.8, 4) is 0 Å². The first kappa shape index (κ1) is 67.6. The molecular formula is C65H118O5. The molecule has 0 bridgehead atoms. The maximum absolute atomic E-state index is 12.3. The van der Waals surface area contributed by atoms with Gasteiger partial charge in [-0.05, 0) is 77.0 Å². The van der Waals surface area contributed by atoms with Crippen LogP contribution in [0.1, 0.15) is 322 Å². The molecule has 1 atom stereocenters. The molecule has 1 unspecified atom stereocenters. The third-order valence-corrected chi connectivity index (χ3v) is 13.8. The Kier molecular flexibility index (Phi) is 58.8. The second-order valence-corrected chi connectivity index (χ2v) is 20.8. The van der Waals surface area contributed by atoms with Gasteiger partial charge in [0.15, 0.2) is 6.10 Å². The zero-order valence-electron chi connectivity index (χ0n) is 46.8. The summed E-state index contributed by atoms with van der Waals surface area (Å²) in [4.78, 5) is 24.5. The Hall–Kier alpha value is -2.40. The van der Waals surface area contributed by atoms with Gasteiger partial charge in [-0.3, -0.25) is 9.59 Å². The van der Waals surface area contributed by atoms with Gasteiger partial charge in [-0.25, -0.2) is 0 Å². The molecule has 0 aliphatic carbocycles. The molecule has 70 heavy (non-hydrogen) atoms. The van der Waals surface area contributed by atoms with E-state index in [-0.39, 0.29) is 25.2 Å². The van der Waals surface area contributed by atoms with E-state index in [1.165, 1.54) is 225 Å². The van der Waals surface area contributed by atoms with Crippen molar-refractivity contribution in [3.63, 3.8) is 0 Å². The first-order chi connectivity index (χ1) is 34.6. The summed E-state index contributed by atoms with van der Waals surface area (Å²) in [6.07, 6.45) is 82.3. The summed E-state index contributed by atoms with van der Waals surface area (Å²) in [6, 6.07) is 0. The van der Waals surface area contributed by atoms with Crippen molar-refractivity contribution in [1.82, 2.24) is 0 Å². The van der Waals surface area contributed by atoms with E-state index in [9.17, 15) is 14.7 Å². The Morgan fingerprint density at radius 3 is 0.943 bits per heavy atom. The van der Waals surface area contributed by atoms with Crippen LogP contribution < -0.4 is 0 Å². The molecular weight excluding hydrogens is 861 g/mol. The van der Waals surface area contributed by atoms with Crippen LogP contribution in [-0.2, 0) is 19.1 Å². The average Bonchev–Trinajstić information content (AvgIpc) is 3.36. The van der Waals surface area contributed by atoms with Crippen LogP contribution in [0.2, 0.25) is 0 Å². The quantitative estimate of drug-likeness (QED) is 0.0373. The highest BCUT2D eigenvalue weighted by atomic mass is 16.6. The minimum atomic E-state index is -0.778. The predicted octanol–water partition coefficient (Wildman–Crippen LogP) is 21.0. The van der Waals surface area contributed by atoms with Gasteiger partial charge < -0.3 is 14.6 Å². The second-order valence-electron chi connectivity index (χ2n) is 20.8. The van der Waals surface area contributed by atoms with Crippen molar-refractivity contribution in [1.29, 1.82) is 0 Å². The van der Waals surface area contributed by atoms with Crippen LogP contribution in [-0.4, -0.2) is 36.4 Å². The number of rotatable bonds is 57. The lowest BCUT2D eigenvalue weighted by molar-refractivity contribution is -0.161. The van der Waals surface area contributed by atoms with Crippen molar-refractivity contribution in [2.45, 2.75) is 328 Å². The Morgan fingerprint density at radius 1 is 0.343 bits per heavy atom. The molecule has 0 radical (unpaired) electrons. The number of aliphatic hydroxyl groups is 1. The highest BCUT2D eigenvalue weighted by Crippen LogP contribution is 2.17. The summed E-state index contributed by atoms with van der Waals surface area (Å²) in [5.41, 5.74) is 0. The maximum Gasteiger partial charge on any atom is 0.306 e. The number of carbonyl (C=O) groups is 2. The van der Waals surface area contributed by atoms with E-state index >= 15 is 0 Å². The van der Waals surface area contributed by atoms with Crippen LogP contribution in [0.5, 0.6) is 0 Å². The van der Waals surface area contributed by atoms with Crippen LogP contribution in [0.4, 0.5) is 0 Å². The molecule has 0 aromatic carbocycles. The molecule has 0 saturated carbocycles. The number of aliphatic hydroxyl groups excluding tert-OH is 1. The van der Waals surface area contributed by atoms with Crippen LogP contribution in [0.25, 0.3) is 0 Å². The zero-order chi connectivity index (χ0) is 50.6. The molecule has 0 rings (SSSR count). The number of ether oxygens (including phenoxy) is 2. The first-order valence-electron chi connectivity index (χ1n) is 30.8. The van der Waals surface area contributed by atoms with E-state index in [0.29, 0.717) is 12.8 Å². The molecule has 408 valence electrons. The van der Waals surface area contributed by atoms with E-state index in [1.54, 1.807) is 0 Å². The second kappa shape index (κ2) is 60.9. The lowest BCUT2D eigenvalue weighted by Crippen LogP contribution is -2.28. The molecule has 0 aromatic heterocycles. The summed E-state index contributed by atoms with van der Waals surface area (Å²) in [7, 11) is 0. The minimum Gasteiger partial charge on any atom is -0.462 e. The number of hydrogen-bond donors (Lipinski definition) is 1. The maximum atomic E-state index is 12.3. The van der Waals surface area contributed by atoms with Crippen LogP contribution in [0, 0.1) is 0 Å². The highest BCUT2D eigenvalue weighted by molar-refractivity contribution is 5.70. The van der Waals surface area contributed by atoms with E-state index in [1.807, 2.05) is 0 Å². The number of esters is 2. The van der Waals surface area contributed by atoms with Gasteiger partial charge in [0.1, 0.15) is 6.61 Å². The average molecular weight is 980 g/mol. The van der Waals surface area contributed by atoms with Gasteiger partial charge >= 0.3 is 11.9 Å². The summed E-state index contributed by atoms with van der Waals surface area (Å²) >= 11 is 0. The number of allylic oxidation sites excluding steroid dienone is 10. The monoisotopic (exact) mass is 979 g/mol.